The van der Waals surface area contributed by atoms with Crippen LogP contribution in [-0.2, 0) is 11.3 Å². The molecule has 1 aromatic heterocycles. The maximum Gasteiger partial charge on any atom is 0.251 e. The van der Waals surface area contributed by atoms with Gasteiger partial charge in [0.15, 0.2) is 0 Å². The van der Waals surface area contributed by atoms with Gasteiger partial charge in [0.2, 0.25) is 11.0 Å². The Morgan fingerprint density at radius 2 is 2.06 bits per heavy atom. The number of halogens is 1. The summed E-state index contributed by atoms with van der Waals surface area (Å²) in [5.74, 6) is -0.774. The SMILES string of the molecule is CC(=O)Nc1cc(C(=O)NCC(O)CO)cc(-c2nnc(Nc3ccc4c(c3Cl)C=NC4)s2)c1. The lowest BCUT2D eigenvalue weighted by molar-refractivity contribution is -0.114. The number of nitrogens with zero attached hydrogens (tertiary/aromatic N) is 3. The van der Waals surface area contributed by atoms with E-state index in [1.807, 2.05) is 12.1 Å². The molecule has 5 N–H and O–H groups in total. The highest BCUT2D eigenvalue weighted by atomic mass is 35.5. The summed E-state index contributed by atoms with van der Waals surface area (Å²) in [6.45, 7) is 1.38. The van der Waals surface area contributed by atoms with Crippen molar-refractivity contribution in [3.63, 3.8) is 0 Å². The van der Waals surface area contributed by atoms with Gasteiger partial charge in [0.05, 0.1) is 30.0 Å². The summed E-state index contributed by atoms with van der Waals surface area (Å²) in [7, 11) is 0. The minimum absolute atomic E-state index is 0.117. The lowest BCUT2D eigenvalue weighted by atomic mass is 10.1. The number of amides is 2. The first-order valence-corrected chi connectivity index (χ1v) is 11.5. The molecule has 3 aromatic rings. The smallest absolute Gasteiger partial charge is 0.251 e. The first-order chi connectivity index (χ1) is 16.3. The van der Waals surface area contributed by atoms with E-state index in [-0.39, 0.29) is 18.0 Å². The lowest BCUT2D eigenvalue weighted by Gasteiger charge is -2.11. The van der Waals surface area contributed by atoms with Gasteiger partial charge in [-0.1, -0.05) is 29.0 Å². The van der Waals surface area contributed by atoms with Gasteiger partial charge in [-0.3, -0.25) is 14.6 Å². The van der Waals surface area contributed by atoms with Crippen LogP contribution in [0, 0.1) is 0 Å². The average molecular weight is 501 g/mol. The molecule has 1 aliphatic rings. The standard InChI is InChI=1S/C22H21ClN6O4S/c1-11(31)26-15-5-13(20(33)25-8-16(32)10-30)4-14(6-15)21-28-29-22(34-21)27-18-3-2-12-7-24-9-17(12)19(18)23/h2-6,9,16,30,32H,7-8,10H2,1H3,(H,25,33)(H,26,31)(H,27,29). The van der Waals surface area contributed by atoms with Crippen molar-refractivity contribution in [2.45, 2.75) is 19.6 Å². The molecule has 12 heteroatoms. The van der Waals surface area contributed by atoms with Crippen LogP contribution < -0.4 is 16.0 Å². The molecule has 1 unspecified atom stereocenters. The van der Waals surface area contributed by atoms with E-state index in [1.54, 1.807) is 18.3 Å². The van der Waals surface area contributed by atoms with Crippen molar-refractivity contribution in [1.29, 1.82) is 0 Å². The predicted octanol–water partition coefficient (Wildman–Crippen LogP) is 2.58. The lowest BCUT2D eigenvalue weighted by Crippen LogP contribution is -2.33. The van der Waals surface area contributed by atoms with Crippen LogP contribution in [0.1, 0.15) is 28.4 Å². The number of hydrogen-bond acceptors (Lipinski definition) is 9. The summed E-state index contributed by atoms with van der Waals surface area (Å²) in [4.78, 5) is 28.4. The molecule has 0 saturated heterocycles. The zero-order valence-electron chi connectivity index (χ0n) is 18.0. The monoisotopic (exact) mass is 500 g/mol. The van der Waals surface area contributed by atoms with Crippen molar-refractivity contribution in [3.8, 4) is 10.6 Å². The number of aliphatic hydroxyl groups is 2. The number of aliphatic imine (C=N–C) groups is 1. The third-order valence-electron chi connectivity index (χ3n) is 4.89. The van der Waals surface area contributed by atoms with E-state index in [9.17, 15) is 14.7 Å². The number of carbonyl (C=O) groups excluding carboxylic acids is 2. The quantitative estimate of drug-likeness (QED) is 0.319. The van der Waals surface area contributed by atoms with Gasteiger partial charge >= 0.3 is 0 Å². The van der Waals surface area contributed by atoms with Crippen LogP contribution in [0.15, 0.2) is 35.3 Å². The fourth-order valence-electron chi connectivity index (χ4n) is 3.28. The fourth-order valence-corrected chi connectivity index (χ4v) is 4.31. The Hall–Kier alpha value is -3.38. The van der Waals surface area contributed by atoms with Gasteiger partial charge in [-0.05, 0) is 29.8 Å². The summed E-state index contributed by atoms with van der Waals surface area (Å²) in [5.41, 5.74) is 3.82. The zero-order chi connectivity index (χ0) is 24.2. The van der Waals surface area contributed by atoms with Gasteiger partial charge in [0.25, 0.3) is 5.91 Å². The Balaban J connectivity index is 1.59. The Kier molecular flexibility index (Phi) is 7.17. The van der Waals surface area contributed by atoms with E-state index >= 15 is 0 Å². The Morgan fingerprint density at radius 1 is 1.24 bits per heavy atom. The van der Waals surface area contributed by atoms with E-state index in [4.69, 9.17) is 16.7 Å². The summed E-state index contributed by atoms with van der Waals surface area (Å²) < 4.78 is 0. The van der Waals surface area contributed by atoms with Crippen molar-refractivity contribution in [2.75, 3.05) is 23.8 Å². The topological polar surface area (TPSA) is 149 Å². The van der Waals surface area contributed by atoms with Crippen molar-refractivity contribution in [3.05, 3.63) is 52.0 Å². The molecule has 2 amide bonds. The number of carbonyl (C=O) groups is 2. The molecule has 4 rings (SSSR count). The third-order valence-corrected chi connectivity index (χ3v) is 6.19. The molecule has 34 heavy (non-hydrogen) atoms. The molecule has 0 bridgehead atoms. The van der Waals surface area contributed by atoms with Crippen LogP contribution in [-0.4, -0.2) is 57.7 Å². The van der Waals surface area contributed by atoms with Crippen LogP contribution in [0.5, 0.6) is 0 Å². The number of rotatable bonds is 8. The van der Waals surface area contributed by atoms with Crippen LogP contribution >= 0.6 is 22.9 Å². The minimum Gasteiger partial charge on any atom is -0.394 e. The van der Waals surface area contributed by atoms with Crippen LogP contribution in [0.4, 0.5) is 16.5 Å². The van der Waals surface area contributed by atoms with E-state index in [1.165, 1.54) is 24.3 Å². The van der Waals surface area contributed by atoms with Gasteiger partial charge < -0.3 is 26.2 Å². The number of benzene rings is 2. The van der Waals surface area contributed by atoms with Crippen LogP contribution in [0.3, 0.4) is 0 Å². The average Bonchev–Trinajstić information content (AvgIpc) is 3.48. The largest absolute Gasteiger partial charge is 0.394 e. The molecule has 176 valence electrons. The van der Waals surface area contributed by atoms with Gasteiger partial charge in [-0.25, -0.2) is 0 Å². The molecule has 2 aromatic carbocycles. The van der Waals surface area contributed by atoms with E-state index in [2.05, 4.69) is 31.1 Å². The molecular formula is C22H21ClN6O4S. The van der Waals surface area contributed by atoms with Gasteiger partial charge in [-0.2, -0.15) is 0 Å². The molecule has 1 atom stereocenters. The summed E-state index contributed by atoms with van der Waals surface area (Å²) >= 11 is 7.75. The second-order valence-corrected chi connectivity index (χ2v) is 8.89. The van der Waals surface area contributed by atoms with E-state index < -0.39 is 18.6 Å². The van der Waals surface area contributed by atoms with E-state index in [0.29, 0.717) is 38.6 Å². The maximum atomic E-state index is 12.6. The number of anilines is 3. The number of aliphatic hydroxyl groups excluding tert-OH is 2. The normalized spacial score (nSPS) is 12.8. The van der Waals surface area contributed by atoms with Crippen LogP contribution in [0.2, 0.25) is 5.02 Å². The molecule has 1 aliphatic heterocycles. The molecule has 0 spiro atoms. The number of aromatic nitrogens is 2. The Bertz CT molecular complexity index is 1280. The molecule has 10 nitrogen and oxygen atoms in total. The second-order valence-electron chi connectivity index (χ2n) is 7.53. The number of hydrogen-bond donors (Lipinski definition) is 5. The second kappa shape index (κ2) is 10.3. The molecule has 0 aliphatic carbocycles. The maximum absolute atomic E-state index is 12.6. The highest BCUT2D eigenvalue weighted by Gasteiger charge is 2.17. The number of nitrogens with one attached hydrogen (secondary N) is 3. The molecule has 0 fully saturated rings. The zero-order valence-corrected chi connectivity index (χ0v) is 19.6. The Morgan fingerprint density at radius 3 is 2.82 bits per heavy atom. The predicted molar refractivity (Wildman–Crippen MR) is 131 cm³/mol. The highest BCUT2D eigenvalue weighted by Crippen LogP contribution is 2.35. The van der Waals surface area contributed by atoms with Crippen molar-refractivity contribution < 1.29 is 19.8 Å². The fraction of sp³-hybridized carbons (Fsp3) is 0.227. The van der Waals surface area contributed by atoms with Gasteiger partial charge in [-0.15, -0.1) is 10.2 Å². The third kappa shape index (κ3) is 5.39. The first-order valence-electron chi connectivity index (χ1n) is 10.3. The highest BCUT2D eigenvalue weighted by molar-refractivity contribution is 7.18. The molecular weight excluding hydrogens is 480 g/mol. The van der Waals surface area contributed by atoms with Gasteiger partial charge in [0, 0.05) is 42.1 Å². The summed E-state index contributed by atoms with van der Waals surface area (Å²) in [6, 6.07) is 8.61. The van der Waals surface area contributed by atoms with Crippen molar-refractivity contribution in [2.24, 2.45) is 4.99 Å². The molecule has 0 saturated carbocycles. The van der Waals surface area contributed by atoms with Crippen LogP contribution in [0.25, 0.3) is 10.6 Å². The molecule has 2 heterocycles. The first kappa shape index (κ1) is 23.8. The molecule has 0 radical (unpaired) electrons. The summed E-state index contributed by atoms with van der Waals surface area (Å²) in [5, 5.41) is 36.8. The van der Waals surface area contributed by atoms with Crippen molar-refractivity contribution in [1.82, 2.24) is 15.5 Å². The summed E-state index contributed by atoms with van der Waals surface area (Å²) in [6.07, 6.45) is 0.671. The number of fused-ring (bicyclic) bond motifs is 1. The van der Waals surface area contributed by atoms with E-state index in [0.717, 1.165) is 11.1 Å². The Labute approximate surface area is 203 Å². The van der Waals surface area contributed by atoms with Crippen molar-refractivity contribution >= 4 is 57.5 Å². The van der Waals surface area contributed by atoms with Gasteiger partial charge in [0.1, 0.15) is 5.01 Å². The minimum atomic E-state index is -1.07.